The lowest BCUT2D eigenvalue weighted by atomic mass is 9.92. The van der Waals surface area contributed by atoms with Crippen molar-refractivity contribution in [1.82, 2.24) is 15.1 Å². The Morgan fingerprint density at radius 2 is 2.28 bits per heavy atom. The van der Waals surface area contributed by atoms with Gasteiger partial charge in [0.1, 0.15) is 5.69 Å². The number of nitrogens with one attached hydrogen (secondary N) is 1. The van der Waals surface area contributed by atoms with Gasteiger partial charge in [-0.15, -0.1) is 6.58 Å². The fourth-order valence-electron chi connectivity index (χ4n) is 1.53. The molecule has 0 unspecified atom stereocenters. The van der Waals surface area contributed by atoms with E-state index in [1.807, 2.05) is 20.8 Å². The summed E-state index contributed by atoms with van der Waals surface area (Å²) in [6.07, 6.45) is 1.63. The van der Waals surface area contributed by atoms with E-state index in [9.17, 15) is 4.79 Å². The molecule has 1 heterocycles. The van der Waals surface area contributed by atoms with Crippen molar-refractivity contribution in [3.63, 3.8) is 0 Å². The smallest absolute Gasteiger partial charge is 0.274 e. The summed E-state index contributed by atoms with van der Waals surface area (Å²) in [6, 6.07) is 1.76. The number of amides is 1. The van der Waals surface area contributed by atoms with Crippen LogP contribution >= 0.6 is 0 Å². The molecule has 0 aliphatic heterocycles. The Morgan fingerprint density at radius 1 is 1.61 bits per heavy atom. The summed E-state index contributed by atoms with van der Waals surface area (Å²) in [4.78, 5) is 13.7. The minimum atomic E-state index is -0.198. The average molecular weight is 251 g/mol. The van der Waals surface area contributed by atoms with Gasteiger partial charge < -0.3 is 10.0 Å². The second-order valence-electron chi connectivity index (χ2n) is 5.18. The van der Waals surface area contributed by atoms with Crippen molar-refractivity contribution in [3.05, 3.63) is 30.1 Å². The van der Waals surface area contributed by atoms with Crippen LogP contribution in [0, 0.1) is 0 Å². The number of hydrogen-bond acceptors (Lipinski definition) is 3. The number of H-pyrrole nitrogens is 1. The van der Waals surface area contributed by atoms with Crippen LogP contribution in [0.15, 0.2) is 18.7 Å². The van der Waals surface area contributed by atoms with Gasteiger partial charge >= 0.3 is 0 Å². The van der Waals surface area contributed by atoms with Crippen molar-refractivity contribution in [3.8, 4) is 0 Å². The highest BCUT2D eigenvalue weighted by Crippen LogP contribution is 2.20. The lowest BCUT2D eigenvalue weighted by molar-refractivity contribution is 0.0737. The normalized spacial score (nSPS) is 11.3. The number of rotatable bonds is 5. The second-order valence-corrected chi connectivity index (χ2v) is 5.18. The van der Waals surface area contributed by atoms with E-state index in [2.05, 4.69) is 16.8 Å². The second kappa shape index (κ2) is 5.82. The molecule has 0 aliphatic carbocycles. The summed E-state index contributed by atoms with van der Waals surface area (Å²) < 4.78 is 0. The van der Waals surface area contributed by atoms with Crippen molar-refractivity contribution in [2.75, 3.05) is 19.7 Å². The Hall–Kier alpha value is -1.62. The van der Waals surface area contributed by atoms with Crippen LogP contribution in [0.1, 0.15) is 37.0 Å². The Kier molecular flexibility index (Phi) is 4.67. The van der Waals surface area contributed by atoms with E-state index in [1.54, 1.807) is 12.1 Å². The Balaban J connectivity index is 2.88. The maximum absolute atomic E-state index is 12.1. The third-order valence-corrected chi connectivity index (χ3v) is 2.61. The van der Waals surface area contributed by atoms with E-state index in [1.165, 1.54) is 4.90 Å². The molecule has 5 heteroatoms. The molecule has 0 saturated heterocycles. The van der Waals surface area contributed by atoms with Crippen LogP contribution in [0.5, 0.6) is 0 Å². The molecule has 0 aromatic carbocycles. The summed E-state index contributed by atoms with van der Waals surface area (Å²) in [6.45, 7) is 10.3. The lowest BCUT2D eigenvalue weighted by Gasteiger charge is -2.18. The predicted octanol–water partition coefficient (Wildman–Crippen LogP) is 1.33. The van der Waals surface area contributed by atoms with E-state index >= 15 is 0 Å². The van der Waals surface area contributed by atoms with Gasteiger partial charge in [-0.05, 0) is 6.07 Å². The quantitative estimate of drug-likeness (QED) is 0.776. The number of aromatic nitrogens is 2. The summed E-state index contributed by atoms with van der Waals surface area (Å²) >= 11 is 0. The molecule has 0 atom stereocenters. The number of carbonyl (C=O) groups excluding carboxylic acids is 1. The molecule has 1 amide bonds. The van der Waals surface area contributed by atoms with Gasteiger partial charge in [0, 0.05) is 24.2 Å². The number of nitrogens with zero attached hydrogens (tertiary/aromatic N) is 2. The largest absolute Gasteiger partial charge is 0.395 e. The number of aliphatic hydroxyl groups excluding tert-OH is 1. The molecule has 1 aromatic heterocycles. The first kappa shape index (κ1) is 14.4. The third kappa shape index (κ3) is 3.43. The van der Waals surface area contributed by atoms with Crippen molar-refractivity contribution >= 4 is 5.91 Å². The van der Waals surface area contributed by atoms with Gasteiger partial charge in [-0.1, -0.05) is 26.8 Å². The van der Waals surface area contributed by atoms with Gasteiger partial charge in [0.05, 0.1) is 6.61 Å². The highest BCUT2D eigenvalue weighted by atomic mass is 16.3. The summed E-state index contributed by atoms with van der Waals surface area (Å²) in [5.41, 5.74) is 1.20. The highest BCUT2D eigenvalue weighted by Gasteiger charge is 2.21. The number of carbonyl (C=O) groups is 1. The molecular formula is C13H21N3O2. The highest BCUT2D eigenvalue weighted by molar-refractivity contribution is 5.92. The monoisotopic (exact) mass is 251 g/mol. The molecule has 0 radical (unpaired) electrons. The van der Waals surface area contributed by atoms with E-state index in [4.69, 9.17) is 5.11 Å². The van der Waals surface area contributed by atoms with Crippen molar-refractivity contribution in [2.24, 2.45) is 0 Å². The first-order valence-electron chi connectivity index (χ1n) is 5.97. The molecule has 1 aromatic rings. The molecule has 5 nitrogen and oxygen atoms in total. The summed E-state index contributed by atoms with van der Waals surface area (Å²) in [5.74, 6) is -0.198. The maximum atomic E-state index is 12.1. The fourth-order valence-corrected chi connectivity index (χ4v) is 1.53. The minimum absolute atomic E-state index is 0.0733. The molecule has 1 rings (SSSR count). The first-order valence-corrected chi connectivity index (χ1v) is 5.97. The first-order chi connectivity index (χ1) is 8.40. The van der Waals surface area contributed by atoms with Crippen molar-refractivity contribution in [1.29, 1.82) is 0 Å². The molecule has 0 spiro atoms. The minimum Gasteiger partial charge on any atom is -0.395 e. The van der Waals surface area contributed by atoms with Gasteiger partial charge in [0.25, 0.3) is 5.91 Å². The third-order valence-electron chi connectivity index (χ3n) is 2.61. The van der Waals surface area contributed by atoms with Crippen LogP contribution in [0.4, 0.5) is 0 Å². The number of hydrogen-bond donors (Lipinski definition) is 2. The molecule has 0 saturated carbocycles. The van der Waals surface area contributed by atoms with E-state index in [0.29, 0.717) is 12.2 Å². The van der Waals surface area contributed by atoms with Crippen LogP contribution in [-0.2, 0) is 5.41 Å². The van der Waals surface area contributed by atoms with Crippen LogP contribution in [0.2, 0.25) is 0 Å². The van der Waals surface area contributed by atoms with E-state index in [-0.39, 0.29) is 24.5 Å². The van der Waals surface area contributed by atoms with Crippen molar-refractivity contribution < 1.29 is 9.90 Å². The Bertz CT molecular complexity index is 418. The topological polar surface area (TPSA) is 69.2 Å². The Morgan fingerprint density at radius 3 is 2.72 bits per heavy atom. The van der Waals surface area contributed by atoms with E-state index in [0.717, 1.165) is 5.69 Å². The van der Waals surface area contributed by atoms with E-state index < -0.39 is 0 Å². The predicted molar refractivity (Wildman–Crippen MR) is 70.5 cm³/mol. The van der Waals surface area contributed by atoms with Crippen LogP contribution in [0.25, 0.3) is 0 Å². The lowest BCUT2D eigenvalue weighted by Crippen LogP contribution is -2.33. The molecule has 2 N–H and O–H groups in total. The van der Waals surface area contributed by atoms with Gasteiger partial charge in [-0.3, -0.25) is 9.89 Å². The standard InChI is InChI=1S/C13H21N3O2/c1-5-6-16(7-8-17)12(18)10-9-11(15-14-10)13(2,3)4/h5,9,17H,1,6-8H2,2-4H3,(H,14,15). The number of aliphatic hydroxyl groups is 1. The summed E-state index contributed by atoms with van der Waals surface area (Å²) in [5, 5.41) is 15.9. The zero-order chi connectivity index (χ0) is 13.8. The van der Waals surface area contributed by atoms with Gasteiger partial charge in [0.2, 0.25) is 0 Å². The fraction of sp³-hybridized carbons (Fsp3) is 0.538. The molecule has 18 heavy (non-hydrogen) atoms. The average Bonchev–Trinajstić information content (AvgIpc) is 2.76. The molecule has 0 aliphatic rings. The maximum Gasteiger partial charge on any atom is 0.274 e. The van der Waals surface area contributed by atoms with Gasteiger partial charge in [-0.2, -0.15) is 5.10 Å². The molecular weight excluding hydrogens is 230 g/mol. The van der Waals surface area contributed by atoms with Crippen LogP contribution in [-0.4, -0.2) is 45.8 Å². The van der Waals surface area contributed by atoms with Crippen LogP contribution in [0.3, 0.4) is 0 Å². The van der Waals surface area contributed by atoms with Crippen LogP contribution < -0.4 is 0 Å². The van der Waals surface area contributed by atoms with Gasteiger partial charge in [0.15, 0.2) is 0 Å². The molecule has 100 valence electrons. The van der Waals surface area contributed by atoms with Gasteiger partial charge in [-0.25, -0.2) is 0 Å². The number of aromatic amines is 1. The zero-order valence-corrected chi connectivity index (χ0v) is 11.2. The SMILES string of the molecule is C=CCN(CCO)C(=O)c1cc(C(C)(C)C)[nH]n1. The Labute approximate surface area is 108 Å². The zero-order valence-electron chi connectivity index (χ0n) is 11.2. The summed E-state index contributed by atoms with van der Waals surface area (Å²) in [7, 11) is 0. The molecule has 0 bridgehead atoms. The van der Waals surface area contributed by atoms with Crippen molar-refractivity contribution in [2.45, 2.75) is 26.2 Å². The molecule has 0 fully saturated rings.